The van der Waals surface area contributed by atoms with Gasteiger partial charge in [-0.3, -0.25) is 0 Å². The van der Waals surface area contributed by atoms with E-state index in [2.05, 4.69) is 60.6 Å². The molecule has 0 saturated heterocycles. The van der Waals surface area contributed by atoms with E-state index in [0.717, 1.165) is 0 Å². The number of thiophene rings is 1. The molecule has 0 amide bonds. The summed E-state index contributed by atoms with van der Waals surface area (Å²) in [4.78, 5) is 3.67. The van der Waals surface area contributed by atoms with Crippen molar-refractivity contribution in [2.24, 2.45) is 5.73 Å². The molecule has 2 aromatic rings. The summed E-state index contributed by atoms with van der Waals surface area (Å²) in [5, 5.41) is 2.12. The van der Waals surface area contributed by atoms with Crippen LogP contribution in [0.15, 0.2) is 41.8 Å². The maximum atomic E-state index is 5.86. The van der Waals surface area contributed by atoms with Crippen molar-refractivity contribution in [2.75, 3.05) is 11.9 Å². The summed E-state index contributed by atoms with van der Waals surface area (Å²) in [5.74, 6) is 0. The Morgan fingerprint density at radius 2 is 1.78 bits per heavy atom. The molecule has 2 rings (SSSR count). The molecule has 0 saturated carbocycles. The Bertz CT molecular complexity index is 474. The molecule has 1 aromatic carbocycles. The second-order valence-electron chi connectivity index (χ2n) is 4.68. The van der Waals surface area contributed by atoms with Gasteiger partial charge >= 0.3 is 0 Å². The fourth-order valence-electron chi connectivity index (χ4n) is 1.96. The van der Waals surface area contributed by atoms with Crippen LogP contribution >= 0.6 is 11.3 Å². The lowest BCUT2D eigenvalue weighted by Crippen LogP contribution is -2.20. The van der Waals surface area contributed by atoms with Gasteiger partial charge in [0, 0.05) is 23.7 Å². The van der Waals surface area contributed by atoms with E-state index in [0.29, 0.717) is 6.04 Å². The van der Waals surface area contributed by atoms with Gasteiger partial charge in [0.1, 0.15) is 0 Å². The first-order chi connectivity index (χ1) is 8.59. The molecular weight excluding hydrogens is 240 g/mol. The van der Waals surface area contributed by atoms with Crippen LogP contribution in [0.25, 0.3) is 0 Å². The molecular formula is C15H20N2S. The third-order valence-corrected chi connectivity index (χ3v) is 4.40. The van der Waals surface area contributed by atoms with Gasteiger partial charge in [-0.2, -0.15) is 0 Å². The highest BCUT2D eigenvalue weighted by atomic mass is 32.1. The van der Waals surface area contributed by atoms with Crippen molar-refractivity contribution in [3.63, 3.8) is 0 Å². The minimum absolute atomic E-state index is 0.0964. The first-order valence-corrected chi connectivity index (χ1v) is 7.09. The van der Waals surface area contributed by atoms with Gasteiger partial charge in [0.05, 0.1) is 6.04 Å². The van der Waals surface area contributed by atoms with Gasteiger partial charge in [0.25, 0.3) is 0 Å². The Morgan fingerprint density at radius 3 is 2.28 bits per heavy atom. The zero-order chi connectivity index (χ0) is 13.1. The van der Waals surface area contributed by atoms with Crippen molar-refractivity contribution < 1.29 is 0 Å². The van der Waals surface area contributed by atoms with Crippen molar-refractivity contribution in [3.05, 3.63) is 52.2 Å². The van der Waals surface area contributed by atoms with E-state index < -0.39 is 0 Å². The highest BCUT2D eigenvalue weighted by molar-refractivity contribution is 7.10. The largest absolute Gasteiger partial charge is 0.367 e. The fraction of sp³-hybridized carbons (Fsp3) is 0.333. The Labute approximate surface area is 113 Å². The van der Waals surface area contributed by atoms with Gasteiger partial charge in [-0.25, -0.2) is 0 Å². The van der Waals surface area contributed by atoms with Crippen LogP contribution in [0, 0.1) is 0 Å². The number of rotatable bonds is 4. The van der Waals surface area contributed by atoms with Crippen LogP contribution in [0.4, 0.5) is 5.69 Å². The molecule has 2 N–H and O–H groups in total. The topological polar surface area (TPSA) is 29.3 Å². The SMILES string of the molecule is CC(c1cccs1)N(C)c1ccc([C@H](C)N)cc1. The summed E-state index contributed by atoms with van der Waals surface area (Å²) in [7, 11) is 2.13. The summed E-state index contributed by atoms with van der Waals surface area (Å²) in [6.07, 6.45) is 0. The first kappa shape index (κ1) is 13.1. The van der Waals surface area contributed by atoms with Crippen LogP contribution in [0.3, 0.4) is 0 Å². The van der Waals surface area contributed by atoms with Crippen molar-refractivity contribution in [1.29, 1.82) is 0 Å². The summed E-state index contributed by atoms with van der Waals surface area (Å²) in [6, 6.07) is 13.3. The third kappa shape index (κ3) is 2.74. The molecule has 1 aromatic heterocycles. The normalized spacial score (nSPS) is 14.2. The molecule has 0 aliphatic rings. The van der Waals surface area contributed by atoms with Crippen molar-refractivity contribution in [1.82, 2.24) is 0 Å². The van der Waals surface area contributed by atoms with E-state index in [1.165, 1.54) is 16.1 Å². The second kappa shape index (κ2) is 5.55. The Morgan fingerprint density at radius 1 is 1.11 bits per heavy atom. The van der Waals surface area contributed by atoms with Gasteiger partial charge in [0.15, 0.2) is 0 Å². The molecule has 96 valence electrons. The number of nitrogens with zero attached hydrogens (tertiary/aromatic N) is 1. The number of nitrogens with two attached hydrogens (primary N) is 1. The molecule has 0 aliphatic carbocycles. The monoisotopic (exact) mass is 260 g/mol. The minimum atomic E-state index is 0.0964. The lowest BCUT2D eigenvalue weighted by atomic mass is 10.1. The lowest BCUT2D eigenvalue weighted by Gasteiger charge is -2.26. The quantitative estimate of drug-likeness (QED) is 0.901. The summed E-state index contributed by atoms with van der Waals surface area (Å²) in [5.41, 5.74) is 8.26. The predicted molar refractivity (Wildman–Crippen MR) is 80.2 cm³/mol. The molecule has 0 radical (unpaired) electrons. The van der Waals surface area contributed by atoms with Crippen LogP contribution in [0.5, 0.6) is 0 Å². The van der Waals surface area contributed by atoms with Crippen LogP contribution in [0.1, 0.15) is 36.4 Å². The number of hydrogen-bond donors (Lipinski definition) is 1. The molecule has 2 nitrogen and oxygen atoms in total. The smallest absolute Gasteiger partial charge is 0.0603 e. The summed E-state index contributed by atoms with van der Waals surface area (Å²) in [6.45, 7) is 4.23. The molecule has 1 heterocycles. The van der Waals surface area contributed by atoms with E-state index in [4.69, 9.17) is 5.73 Å². The molecule has 1 unspecified atom stereocenters. The average Bonchev–Trinajstić information content (AvgIpc) is 2.91. The highest BCUT2D eigenvalue weighted by Crippen LogP contribution is 2.28. The van der Waals surface area contributed by atoms with Crippen LogP contribution in [-0.4, -0.2) is 7.05 Å². The Kier molecular flexibility index (Phi) is 4.04. The maximum absolute atomic E-state index is 5.86. The van der Waals surface area contributed by atoms with Gasteiger partial charge in [-0.05, 0) is 43.0 Å². The molecule has 3 heteroatoms. The lowest BCUT2D eigenvalue weighted by molar-refractivity contribution is 0.752. The van der Waals surface area contributed by atoms with Gasteiger partial charge in [0.2, 0.25) is 0 Å². The van der Waals surface area contributed by atoms with E-state index in [9.17, 15) is 0 Å². The van der Waals surface area contributed by atoms with Gasteiger partial charge in [-0.15, -0.1) is 11.3 Å². The number of hydrogen-bond acceptors (Lipinski definition) is 3. The highest BCUT2D eigenvalue weighted by Gasteiger charge is 2.13. The van der Waals surface area contributed by atoms with Gasteiger partial charge < -0.3 is 10.6 Å². The fourth-order valence-corrected chi connectivity index (χ4v) is 2.78. The van der Waals surface area contributed by atoms with Gasteiger partial charge in [-0.1, -0.05) is 18.2 Å². The molecule has 18 heavy (non-hydrogen) atoms. The van der Waals surface area contributed by atoms with E-state index in [1.807, 2.05) is 6.92 Å². The Hall–Kier alpha value is -1.32. The molecule has 0 spiro atoms. The average molecular weight is 260 g/mol. The number of benzene rings is 1. The Balaban J connectivity index is 2.16. The molecule has 2 atom stereocenters. The molecule has 0 aliphatic heterocycles. The maximum Gasteiger partial charge on any atom is 0.0603 e. The second-order valence-corrected chi connectivity index (χ2v) is 5.66. The van der Waals surface area contributed by atoms with Crippen molar-refractivity contribution in [2.45, 2.75) is 25.9 Å². The van der Waals surface area contributed by atoms with Crippen molar-refractivity contribution >= 4 is 17.0 Å². The zero-order valence-corrected chi connectivity index (χ0v) is 11.9. The standard InChI is InChI=1S/C15H20N2S/c1-11(16)13-6-8-14(9-7-13)17(3)12(2)15-5-4-10-18-15/h4-12H,16H2,1-3H3/t11-,12?/m0/s1. The van der Waals surface area contributed by atoms with Crippen LogP contribution in [-0.2, 0) is 0 Å². The molecule has 0 fully saturated rings. The van der Waals surface area contributed by atoms with E-state index in [1.54, 1.807) is 11.3 Å². The van der Waals surface area contributed by atoms with Crippen molar-refractivity contribution in [3.8, 4) is 0 Å². The first-order valence-electron chi connectivity index (χ1n) is 6.21. The minimum Gasteiger partial charge on any atom is -0.367 e. The third-order valence-electron chi connectivity index (χ3n) is 3.36. The van der Waals surface area contributed by atoms with Crippen LogP contribution < -0.4 is 10.6 Å². The summed E-state index contributed by atoms with van der Waals surface area (Å²) >= 11 is 1.80. The van der Waals surface area contributed by atoms with Crippen LogP contribution in [0.2, 0.25) is 0 Å². The van der Waals surface area contributed by atoms with E-state index >= 15 is 0 Å². The zero-order valence-electron chi connectivity index (χ0n) is 11.1. The summed E-state index contributed by atoms with van der Waals surface area (Å²) < 4.78 is 0. The predicted octanol–water partition coefficient (Wildman–Crippen LogP) is 3.97. The number of anilines is 1. The molecule has 0 bridgehead atoms. The van der Waals surface area contributed by atoms with E-state index in [-0.39, 0.29) is 6.04 Å².